The Labute approximate surface area is 233 Å². The van der Waals surface area contributed by atoms with Crippen LogP contribution in [-0.2, 0) is 12.6 Å². The molecule has 4 N–H and O–H groups in total. The molecule has 0 aliphatic heterocycles. The third-order valence-corrected chi connectivity index (χ3v) is 6.50. The lowest BCUT2D eigenvalue weighted by molar-refractivity contribution is -0.139. The molecule has 1 heterocycles. The number of ether oxygens (including phenoxy) is 1. The zero-order valence-electron chi connectivity index (χ0n) is 23.4. The fourth-order valence-electron chi connectivity index (χ4n) is 4.71. The van der Waals surface area contributed by atoms with Crippen molar-refractivity contribution < 1.29 is 27.8 Å². The molecule has 9 heteroatoms. The van der Waals surface area contributed by atoms with Crippen molar-refractivity contribution >= 4 is 5.91 Å². The maximum absolute atomic E-state index is 14.0. The number of hydrogen-bond donors (Lipinski definition) is 3. The lowest BCUT2D eigenvalue weighted by atomic mass is 9.93. The minimum absolute atomic E-state index is 0.0299. The fourth-order valence-corrected chi connectivity index (χ4v) is 4.71. The van der Waals surface area contributed by atoms with Crippen LogP contribution in [0.4, 0.5) is 13.2 Å². The molecule has 3 rings (SSSR count). The van der Waals surface area contributed by atoms with E-state index < -0.39 is 17.3 Å². The number of aromatic nitrogens is 1. The van der Waals surface area contributed by atoms with Crippen LogP contribution < -0.4 is 15.8 Å². The SMILES string of the molecule is CC(C)C[C@](C)(N)COc1ccc(-c2ccnc(C[C@@H](C)CCNC(=O)c3ccccc3O)c2)cc1C(F)(F)F. The van der Waals surface area contributed by atoms with Crippen LogP contribution in [0, 0.1) is 11.8 Å². The monoisotopic (exact) mass is 557 g/mol. The number of hydrogen-bond acceptors (Lipinski definition) is 5. The Bertz CT molecular complexity index is 1290. The zero-order chi connectivity index (χ0) is 29.5. The first kappa shape index (κ1) is 30.9. The van der Waals surface area contributed by atoms with Crippen molar-refractivity contribution in [1.29, 1.82) is 0 Å². The topological polar surface area (TPSA) is 97.5 Å². The summed E-state index contributed by atoms with van der Waals surface area (Å²) < 4.78 is 47.5. The molecule has 3 aromatic rings. The van der Waals surface area contributed by atoms with Gasteiger partial charge >= 0.3 is 6.18 Å². The predicted molar refractivity (Wildman–Crippen MR) is 150 cm³/mol. The van der Waals surface area contributed by atoms with Crippen LogP contribution in [0.2, 0.25) is 0 Å². The number of alkyl halides is 3. The first-order chi connectivity index (χ1) is 18.7. The Morgan fingerprint density at radius 3 is 2.45 bits per heavy atom. The second kappa shape index (κ2) is 13.2. The Kier molecular flexibility index (Phi) is 10.2. The van der Waals surface area contributed by atoms with Gasteiger partial charge in [0, 0.05) is 24.0 Å². The van der Waals surface area contributed by atoms with Crippen molar-refractivity contribution in [2.24, 2.45) is 17.6 Å². The van der Waals surface area contributed by atoms with Crippen LogP contribution in [0.25, 0.3) is 11.1 Å². The van der Waals surface area contributed by atoms with Crippen LogP contribution >= 0.6 is 0 Å². The number of benzene rings is 2. The van der Waals surface area contributed by atoms with E-state index in [-0.39, 0.29) is 41.4 Å². The lowest BCUT2D eigenvalue weighted by Crippen LogP contribution is -2.43. The zero-order valence-corrected chi connectivity index (χ0v) is 23.4. The molecule has 0 fully saturated rings. The number of carbonyl (C=O) groups is 1. The Morgan fingerprint density at radius 2 is 1.77 bits per heavy atom. The average molecular weight is 558 g/mol. The van der Waals surface area contributed by atoms with E-state index in [0.717, 1.165) is 11.8 Å². The van der Waals surface area contributed by atoms with Crippen molar-refractivity contribution in [1.82, 2.24) is 10.3 Å². The van der Waals surface area contributed by atoms with Crippen LogP contribution in [0.1, 0.15) is 62.2 Å². The Morgan fingerprint density at radius 1 is 1.07 bits per heavy atom. The van der Waals surface area contributed by atoms with Crippen molar-refractivity contribution in [3.05, 3.63) is 77.6 Å². The maximum atomic E-state index is 14.0. The number of aromatic hydroxyl groups is 1. The maximum Gasteiger partial charge on any atom is 0.419 e. The number of amides is 1. The minimum Gasteiger partial charge on any atom is -0.507 e. The van der Waals surface area contributed by atoms with Gasteiger partial charge < -0.3 is 20.9 Å². The molecular weight excluding hydrogens is 519 g/mol. The van der Waals surface area contributed by atoms with Gasteiger partial charge in [-0.2, -0.15) is 13.2 Å². The van der Waals surface area contributed by atoms with Crippen molar-refractivity contribution in [3.8, 4) is 22.6 Å². The molecule has 1 amide bonds. The molecule has 0 saturated carbocycles. The largest absolute Gasteiger partial charge is 0.507 e. The molecule has 2 aromatic carbocycles. The number of carbonyl (C=O) groups excluding carboxylic acids is 1. The molecular formula is C31H38F3N3O3. The minimum atomic E-state index is -4.60. The van der Waals surface area contributed by atoms with Gasteiger partial charge in [0.25, 0.3) is 5.91 Å². The molecule has 0 aliphatic carbocycles. The summed E-state index contributed by atoms with van der Waals surface area (Å²) in [7, 11) is 0. The van der Waals surface area contributed by atoms with E-state index in [1.54, 1.807) is 49.5 Å². The van der Waals surface area contributed by atoms with Crippen LogP contribution in [-0.4, -0.2) is 34.7 Å². The van der Waals surface area contributed by atoms with E-state index in [1.165, 1.54) is 12.1 Å². The molecule has 1 aromatic heterocycles. The summed E-state index contributed by atoms with van der Waals surface area (Å²) in [6.45, 7) is 8.17. The highest BCUT2D eigenvalue weighted by Gasteiger charge is 2.35. The first-order valence-electron chi connectivity index (χ1n) is 13.4. The number of phenols is 1. The highest BCUT2D eigenvalue weighted by atomic mass is 19.4. The number of halogens is 3. The number of phenolic OH excluding ortho intramolecular Hbond substituents is 1. The highest BCUT2D eigenvalue weighted by Crippen LogP contribution is 2.39. The number of nitrogens with zero attached hydrogens (tertiary/aromatic N) is 1. The molecule has 0 radical (unpaired) electrons. The van der Waals surface area contributed by atoms with E-state index in [1.807, 2.05) is 20.8 Å². The van der Waals surface area contributed by atoms with Gasteiger partial charge in [-0.25, -0.2) is 0 Å². The smallest absolute Gasteiger partial charge is 0.419 e. The van der Waals surface area contributed by atoms with Gasteiger partial charge in [-0.05, 0) is 85.5 Å². The Hall–Kier alpha value is -3.59. The number of nitrogens with one attached hydrogen (secondary N) is 1. The van der Waals surface area contributed by atoms with E-state index in [9.17, 15) is 23.1 Å². The molecule has 40 heavy (non-hydrogen) atoms. The predicted octanol–water partition coefficient (Wildman–Crippen LogP) is 6.61. The van der Waals surface area contributed by atoms with Crippen LogP contribution in [0.5, 0.6) is 11.5 Å². The number of pyridine rings is 1. The van der Waals surface area contributed by atoms with Gasteiger partial charge in [0.2, 0.25) is 0 Å². The molecule has 0 aliphatic rings. The van der Waals surface area contributed by atoms with Gasteiger partial charge in [0.1, 0.15) is 18.1 Å². The second-order valence-corrected chi connectivity index (χ2v) is 11.2. The standard InChI is InChI=1S/C31H38F3N3O3/c1-20(2)18-30(4,35)19-40-28-10-9-22(17-26(28)31(32,33)34)23-12-14-36-24(16-23)15-21(3)11-13-37-29(39)25-7-5-6-8-27(25)38/h5-10,12,14,16-17,20-21,38H,11,13,15,18-19,35H2,1-4H3,(H,37,39)/t21-,30-/m0/s1. The molecule has 0 unspecified atom stereocenters. The fraction of sp³-hybridized carbons (Fsp3) is 0.419. The van der Waals surface area contributed by atoms with Gasteiger partial charge in [0.05, 0.1) is 11.1 Å². The molecule has 2 atom stereocenters. The van der Waals surface area contributed by atoms with Gasteiger partial charge in [-0.3, -0.25) is 9.78 Å². The van der Waals surface area contributed by atoms with Crippen molar-refractivity contribution in [2.75, 3.05) is 13.2 Å². The number of nitrogens with two attached hydrogens (primary N) is 1. The summed E-state index contributed by atoms with van der Waals surface area (Å²) in [6.07, 6.45) is -1.15. The van der Waals surface area contributed by atoms with Gasteiger partial charge in [-0.15, -0.1) is 0 Å². The van der Waals surface area contributed by atoms with Crippen molar-refractivity contribution in [2.45, 2.75) is 58.7 Å². The average Bonchev–Trinajstić information content (AvgIpc) is 2.86. The molecule has 6 nitrogen and oxygen atoms in total. The number of para-hydroxylation sites is 1. The summed E-state index contributed by atoms with van der Waals surface area (Å²) in [5.74, 6) is -0.245. The highest BCUT2D eigenvalue weighted by molar-refractivity contribution is 5.96. The normalized spacial score (nSPS) is 14.0. The molecule has 0 saturated heterocycles. The molecule has 216 valence electrons. The van der Waals surface area contributed by atoms with Crippen LogP contribution in [0.15, 0.2) is 60.8 Å². The summed E-state index contributed by atoms with van der Waals surface area (Å²) in [5, 5.41) is 12.6. The quantitative estimate of drug-likeness (QED) is 0.233. The summed E-state index contributed by atoms with van der Waals surface area (Å²) in [4.78, 5) is 16.7. The summed E-state index contributed by atoms with van der Waals surface area (Å²) in [5.41, 5.74) is 6.61. The lowest BCUT2D eigenvalue weighted by Gasteiger charge is -2.27. The first-order valence-corrected chi connectivity index (χ1v) is 13.4. The molecule has 0 spiro atoms. The van der Waals surface area contributed by atoms with Crippen molar-refractivity contribution in [3.63, 3.8) is 0 Å². The van der Waals surface area contributed by atoms with Crippen LogP contribution in [0.3, 0.4) is 0 Å². The third-order valence-electron chi connectivity index (χ3n) is 6.50. The van der Waals surface area contributed by atoms with E-state index in [2.05, 4.69) is 10.3 Å². The number of rotatable bonds is 12. The van der Waals surface area contributed by atoms with Gasteiger partial charge in [-0.1, -0.05) is 39.0 Å². The summed E-state index contributed by atoms with van der Waals surface area (Å²) >= 11 is 0. The third kappa shape index (κ3) is 8.98. The van der Waals surface area contributed by atoms with Gasteiger partial charge in [0.15, 0.2) is 0 Å². The van der Waals surface area contributed by atoms with E-state index in [4.69, 9.17) is 10.5 Å². The molecule has 0 bridgehead atoms. The summed E-state index contributed by atoms with van der Waals surface area (Å²) in [6, 6.07) is 13.8. The van der Waals surface area contributed by atoms with E-state index >= 15 is 0 Å². The van der Waals surface area contributed by atoms with E-state index in [0.29, 0.717) is 36.9 Å². The Balaban J connectivity index is 1.67. The second-order valence-electron chi connectivity index (χ2n) is 11.2.